The van der Waals surface area contributed by atoms with Crippen LogP contribution in [-0.2, 0) is 14.1 Å². The zero-order chi connectivity index (χ0) is 18.0. The molecule has 0 fully saturated rings. The molecule has 0 amide bonds. The molecule has 0 saturated heterocycles. The Morgan fingerprint density at radius 1 is 1.19 bits per heavy atom. The molecule has 0 radical (unpaired) electrons. The van der Waals surface area contributed by atoms with E-state index in [-0.39, 0.29) is 0 Å². The maximum atomic E-state index is 11.6. The van der Waals surface area contributed by atoms with Gasteiger partial charge in [-0.25, -0.2) is 9.97 Å². The number of aromatic nitrogens is 5. The first kappa shape index (κ1) is 15.2. The highest BCUT2D eigenvalue weighted by Crippen LogP contribution is 2.34. The van der Waals surface area contributed by atoms with Gasteiger partial charge in [-0.05, 0) is 35.9 Å². The van der Waals surface area contributed by atoms with Crippen LogP contribution in [0, 0.1) is 0 Å². The summed E-state index contributed by atoms with van der Waals surface area (Å²) in [4.78, 5) is 20.8. The molecule has 0 unspecified atom stereocenters. The van der Waals surface area contributed by atoms with Gasteiger partial charge in [0.2, 0.25) is 0 Å². The average molecular weight is 364 g/mol. The Balaban J connectivity index is 1.82. The van der Waals surface area contributed by atoms with Crippen molar-refractivity contribution in [3.63, 3.8) is 0 Å². The van der Waals surface area contributed by atoms with Crippen molar-refractivity contribution in [1.29, 1.82) is 0 Å². The van der Waals surface area contributed by atoms with Gasteiger partial charge < -0.3 is 9.67 Å². The molecular weight excluding hydrogens is 350 g/mol. The minimum atomic E-state index is -0.468. The van der Waals surface area contributed by atoms with Crippen LogP contribution in [0.15, 0.2) is 42.9 Å². The van der Waals surface area contributed by atoms with Crippen LogP contribution >= 0.6 is 11.6 Å². The van der Waals surface area contributed by atoms with Gasteiger partial charge in [-0.1, -0.05) is 0 Å². The van der Waals surface area contributed by atoms with Crippen molar-refractivity contribution in [3.05, 3.63) is 48.4 Å². The largest absolute Gasteiger partial charge is 0.350 e. The number of carbonyl (C=O) groups is 1. The number of H-pyrrole nitrogens is 1. The number of fused-ring (bicyclic) bond motifs is 4. The summed E-state index contributed by atoms with van der Waals surface area (Å²) >= 11 is 5.67. The summed E-state index contributed by atoms with van der Waals surface area (Å²) in [6.07, 6.45) is 5.76. The van der Waals surface area contributed by atoms with Crippen LogP contribution in [0.1, 0.15) is 10.4 Å². The monoisotopic (exact) mass is 363 g/mol. The van der Waals surface area contributed by atoms with Crippen molar-refractivity contribution >= 4 is 49.7 Å². The quantitative estimate of drug-likeness (QED) is 0.482. The van der Waals surface area contributed by atoms with E-state index >= 15 is 0 Å². The molecule has 0 aliphatic heterocycles. The van der Waals surface area contributed by atoms with Crippen LogP contribution in [0.5, 0.6) is 0 Å². The summed E-state index contributed by atoms with van der Waals surface area (Å²) in [5.74, 6) is 0. The minimum Gasteiger partial charge on any atom is -0.350 e. The van der Waals surface area contributed by atoms with Crippen molar-refractivity contribution in [2.75, 3.05) is 0 Å². The predicted molar refractivity (Wildman–Crippen MR) is 102 cm³/mol. The molecule has 7 heteroatoms. The molecule has 0 aliphatic carbocycles. The average Bonchev–Trinajstić information content (AvgIpc) is 3.30. The number of aryl methyl sites for hydroxylation is 2. The van der Waals surface area contributed by atoms with Crippen LogP contribution in [0.25, 0.3) is 44.1 Å². The standard InChI is InChI=1S/C19H14ClN5O/c1-24-9-14(12-5-10(18(20)26)3-4-16(12)24)15-6-13-17-11(8-22-25(17)2)7-21-19(13)23-15/h3-9,22H,1-2H3. The summed E-state index contributed by atoms with van der Waals surface area (Å²) in [6, 6.07) is 7.50. The summed E-state index contributed by atoms with van der Waals surface area (Å²) in [7, 11) is 3.93. The van der Waals surface area contributed by atoms with Gasteiger partial charge in [0.1, 0.15) is 0 Å². The zero-order valence-corrected chi connectivity index (χ0v) is 14.9. The SMILES string of the molecule is Cn1cc(-c2cc3c(ncc4c[nH]n(C)c43)n2)c2cc(C(=O)Cl)ccc21. The smallest absolute Gasteiger partial charge is 0.252 e. The first-order valence-corrected chi connectivity index (χ1v) is 8.49. The Labute approximate surface area is 153 Å². The molecular formula is C19H14ClN5O. The van der Waals surface area contributed by atoms with Gasteiger partial charge in [-0.2, -0.15) is 0 Å². The Morgan fingerprint density at radius 3 is 2.85 bits per heavy atom. The summed E-state index contributed by atoms with van der Waals surface area (Å²) in [5, 5.41) is 5.66. The summed E-state index contributed by atoms with van der Waals surface area (Å²) < 4.78 is 3.98. The van der Waals surface area contributed by atoms with Gasteiger partial charge >= 0.3 is 0 Å². The van der Waals surface area contributed by atoms with Gasteiger partial charge in [-0.3, -0.25) is 9.48 Å². The van der Waals surface area contributed by atoms with E-state index in [1.54, 1.807) is 6.07 Å². The molecule has 5 aromatic rings. The molecule has 0 spiro atoms. The van der Waals surface area contributed by atoms with Crippen molar-refractivity contribution in [3.8, 4) is 11.3 Å². The number of nitrogens with zero attached hydrogens (tertiary/aromatic N) is 4. The molecule has 5 rings (SSSR count). The number of hydrogen-bond donors (Lipinski definition) is 1. The molecule has 26 heavy (non-hydrogen) atoms. The van der Waals surface area contributed by atoms with Crippen LogP contribution in [0.4, 0.5) is 0 Å². The lowest BCUT2D eigenvalue weighted by molar-refractivity contribution is 0.108. The van der Waals surface area contributed by atoms with E-state index in [0.717, 1.165) is 38.4 Å². The topological polar surface area (TPSA) is 68.5 Å². The molecule has 0 aliphatic rings. The fourth-order valence-corrected chi connectivity index (χ4v) is 3.71. The van der Waals surface area contributed by atoms with E-state index in [2.05, 4.69) is 10.1 Å². The Bertz CT molecular complexity index is 1340. The van der Waals surface area contributed by atoms with Crippen molar-refractivity contribution < 1.29 is 4.79 Å². The number of benzene rings is 1. The van der Waals surface area contributed by atoms with Gasteiger partial charge in [-0.15, -0.1) is 0 Å². The molecule has 1 aromatic carbocycles. The Morgan fingerprint density at radius 2 is 2.04 bits per heavy atom. The fourth-order valence-electron chi connectivity index (χ4n) is 3.60. The Hall–Kier alpha value is -3.12. The number of pyridine rings is 1. The third kappa shape index (κ3) is 2.02. The molecule has 1 N–H and O–H groups in total. The van der Waals surface area contributed by atoms with Crippen LogP contribution < -0.4 is 0 Å². The second-order valence-corrected chi connectivity index (χ2v) is 6.78. The van der Waals surface area contributed by atoms with Gasteiger partial charge in [0.15, 0.2) is 5.65 Å². The van der Waals surface area contributed by atoms with Crippen LogP contribution in [0.2, 0.25) is 0 Å². The zero-order valence-electron chi connectivity index (χ0n) is 14.1. The molecule has 6 nitrogen and oxygen atoms in total. The highest BCUT2D eigenvalue weighted by molar-refractivity contribution is 6.67. The number of rotatable bonds is 2. The van der Waals surface area contributed by atoms with E-state index in [0.29, 0.717) is 11.2 Å². The van der Waals surface area contributed by atoms with E-state index in [4.69, 9.17) is 16.6 Å². The molecule has 4 aromatic heterocycles. The first-order valence-electron chi connectivity index (χ1n) is 8.12. The van der Waals surface area contributed by atoms with Gasteiger partial charge in [0, 0.05) is 65.5 Å². The van der Waals surface area contributed by atoms with Crippen LogP contribution in [0.3, 0.4) is 0 Å². The van der Waals surface area contributed by atoms with E-state index in [1.807, 2.05) is 60.1 Å². The minimum absolute atomic E-state index is 0.468. The molecule has 128 valence electrons. The molecule has 0 bridgehead atoms. The maximum Gasteiger partial charge on any atom is 0.252 e. The van der Waals surface area contributed by atoms with E-state index in [9.17, 15) is 4.79 Å². The predicted octanol–water partition coefficient (Wildman–Crippen LogP) is 3.99. The number of carbonyl (C=O) groups excluding carboxylic acids is 1. The second-order valence-electron chi connectivity index (χ2n) is 6.43. The number of aromatic amines is 1. The Kier molecular flexibility index (Phi) is 3.02. The summed E-state index contributed by atoms with van der Waals surface area (Å²) in [6.45, 7) is 0. The fraction of sp³-hybridized carbons (Fsp3) is 0.105. The lowest BCUT2D eigenvalue weighted by atomic mass is 10.1. The van der Waals surface area contributed by atoms with Gasteiger partial charge in [0.25, 0.3) is 5.24 Å². The molecule has 0 saturated carbocycles. The van der Waals surface area contributed by atoms with Crippen molar-refractivity contribution in [1.82, 2.24) is 24.3 Å². The van der Waals surface area contributed by atoms with Crippen molar-refractivity contribution in [2.45, 2.75) is 0 Å². The number of nitrogens with one attached hydrogen (secondary N) is 1. The number of hydrogen-bond acceptors (Lipinski definition) is 3. The third-order valence-electron chi connectivity index (χ3n) is 4.84. The van der Waals surface area contributed by atoms with Crippen molar-refractivity contribution in [2.24, 2.45) is 14.1 Å². The lowest BCUT2D eigenvalue weighted by Gasteiger charge is -1.98. The lowest BCUT2D eigenvalue weighted by Crippen LogP contribution is -1.89. The highest BCUT2D eigenvalue weighted by Gasteiger charge is 2.16. The summed E-state index contributed by atoms with van der Waals surface area (Å²) in [5.41, 5.74) is 5.02. The van der Waals surface area contributed by atoms with Crippen LogP contribution in [-0.4, -0.2) is 29.6 Å². The second kappa shape index (κ2) is 5.19. The first-order chi connectivity index (χ1) is 12.5. The maximum absolute atomic E-state index is 11.6. The third-order valence-corrected chi connectivity index (χ3v) is 5.06. The normalized spacial score (nSPS) is 11.8. The van der Waals surface area contributed by atoms with Gasteiger partial charge in [0.05, 0.1) is 11.2 Å². The molecule has 0 atom stereocenters. The van der Waals surface area contributed by atoms with E-state index in [1.165, 1.54) is 0 Å². The highest BCUT2D eigenvalue weighted by atomic mass is 35.5. The van der Waals surface area contributed by atoms with E-state index < -0.39 is 5.24 Å². The number of halogens is 1. The molecule has 4 heterocycles.